The molecule has 0 N–H and O–H groups in total. The highest BCUT2D eigenvalue weighted by Crippen LogP contribution is 2.27. The maximum Gasteiger partial charge on any atom is 0.573 e. The molecule has 6 aromatic rings. The summed E-state index contributed by atoms with van der Waals surface area (Å²) in [6, 6.07) is 22.6. The molecule has 48 heavy (non-hydrogen) atoms. The van der Waals surface area contributed by atoms with Crippen LogP contribution in [0, 0.1) is 0 Å². The van der Waals surface area contributed by atoms with Crippen LogP contribution >= 0.6 is 0 Å². The number of aromatic nitrogens is 6. The molecule has 17 heteroatoms. The molecule has 0 unspecified atom stereocenters. The van der Waals surface area contributed by atoms with Gasteiger partial charge in [0.1, 0.15) is 35.7 Å². The van der Waals surface area contributed by atoms with Crippen LogP contribution in [0.2, 0.25) is 0 Å². The van der Waals surface area contributed by atoms with Crippen LogP contribution in [0.25, 0.3) is 34.2 Å². The van der Waals surface area contributed by atoms with Crippen molar-refractivity contribution in [1.82, 2.24) is 29.5 Å². The van der Waals surface area contributed by atoms with E-state index in [0.717, 1.165) is 24.3 Å². The number of alkyl halides is 6. The van der Waals surface area contributed by atoms with Crippen molar-refractivity contribution < 1.29 is 50.1 Å². The molecule has 0 saturated carbocycles. The first-order chi connectivity index (χ1) is 22.9. The van der Waals surface area contributed by atoms with Gasteiger partial charge in [-0.2, -0.15) is 0 Å². The molecule has 0 aliphatic carbocycles. The third-order valence-corrected chi connectivity index (χ3v) is 6.28. The molecule has 2 aromatic heterocycles. The van der Waals surface area contributed by atoms with E-state index in [9.17, 15) is 31.1 Å². The minimum Gasteiger partial charge on any atom is -0.406 e. The average molecular weight is 669 g/mol. The predicted molar refractivity (Wildman–Crippen MR) is 154 cm³/mol. The second-order valence-corrected chi connectivity index (χ2v) is 9.61. The van der Waals surface area contributed by atoms with E-state index >= 15 is 0 Å². The van der Waals surface area contributed by atoms with Gasteiger partial charge in [0.15, 0.2) is 11.6 Å². The molecule has 244 valence electrons. The third-order valence-electron chi connectivity index (χ3n) is 6.28. The third kappa shape index (κ3) is 8.06. The lowest BCUT2D eigenvalue weighted by Gasteiger charge is -2.09. The van der Waals surface area contributed by atoms with Crippen LogP contribution in [0.4, 0.5) is 31.1 Å². The zero-order valence-electron chi connectivity index (χ0n) is 23.9. The van der Waals surface area contributed by atoms with Crippen molar-refractivity contribution in [2.24, 2.45) is 0 Å². The van der Waals surface area contributed by atoms with Crippen LogP contribution in [-0.4, -0.2) is 48.4 Å². The summed E-state index contributed by atoms with van der Waals surface area (Å²) in [5, 5.41) is 8.64. The molecular weight excluding hydrogens is 650 g/mol. The Morgan fingerprint density at radius 1 is 0.500 bits per heavy atom. The fourth-order valence-electron chi connectivity index (χ4n) is 4.20. The standard InChI is InChI=1S/C31H18F6N6O5/c32-30(33,34)47-25-13-5-21(6-14-25)42-17-38-27(40-42)19-1-9-23(10-2-19)45-29(44)46-24-11-3-20(4-12-24)28-39-18-43(41-28)22-7-15-26(16-8-22)48-31(35,36)37/h1-18H. The van der Waals surface area contributed by atoms with E-state index in [1.807, 2.05) is 0 Å². The zero-order chi connectivity index (χ0) is 33.9. The van der Waals surface area contributed by atoms with Crippen LogP contribution < -0.4 is 18.9 Å². The van der Waals surface area contributed by atoms with Crippen LogP contribution in [0.1, 0.15) is 0 Å². The molecule has 0 aliphatic rings. The quantitative estimate of drug-likeness (QED) is 0.0921. The molecule has 11 nitrogen and oxygen atoms in total. The van der Waals surface area contributed by atoms with E-state index in [4.69, 9.17) is 9.47 Å². The molecule has 0 atom stereocenters. The van der Waals surface area contributed by atoms with E-state index in [-0.39, 0.29) is 23.0 Å². The van der Waals surface area contributed by atoms with Crippen LogP contribution in [0.5, 0.6) is 23.0 Å². The van der Waals surface area contributed by atoms with Gasteiger partial charge in [-0.25, -0.2) is 24.1 Å². The number of hydrogen-bond donors (Lipinski definition) is 0. The number of nitrogens with zero attached hydrogens (tertiary/aromatic N) is 6. The minimum atomic E-state index is -4.80. The van der Waals surface area contributed by atoms with Gasteiger partial charge in [-0.05, 0) is 97.1 Å². The van der Waals surface area contributed by atoms with Crippen molar-refractivity contribution in [1.29, 1.82) is 0 Å². The summed E-state index contributed by atoms with van der Waals surface area (Å²) in [6.07, 6.45) is -7.81. The lowest BCUT2D eigenvalue weighted by Crippen LogP contribution is -2.17. The van der Waals surface area contributed by atoms with Crippen molar-refractivity contribution in [3.8, 4) is 57.1 Å². The summed E-state index contributed by atoms with van der Waals surface area (Å²) >= 11 is 0. The molecule has 0 aliphatic heterocycles. The lowest BCUT2D eigenvalue weighted by atomic mass is 10.2. The number of ether oxygens (including phenoxy) is 4. The lowest BCUT2D eigenvalue weighted by molar-refractivity contribution is -0.275. The van der Waals surface area contributed by atoms with Gasteiger partial charge >= 0.3 is 18.9 Å². The normalized spacial score (nSPS) is 11.6. The maximum absolute atomic E-state index is 12.4. The predicted octanol–water partition coefficient (Wildman–Crippen LogP) is 7.56. The Labute approximate surface area is 265 Å². The largest absolute Gasteiger partial charge is 0.573 e. The Morgan fingerprint density at radius 2 is 0.833 bits per heavy atom. The summed E-state index contributed by atoms with van der Waals surface area (Å²) in [5.74, 6) is 0.240. The van der Waals surface area contributed by atoms with Crippen molar-refractivity contribution >= 4 is 6.16 Å². The fourth-order valence-corrected chi connectivity index (χ4v) is 4.20. The van der Waals surface area contributed by atoms with Crippen LogP contribution in [0.3, 0.4) is 0 Å². The first-order valence-electron chi connectivity index (χ1n) is 13.5. The fraction of sp³-hybridized carbons (Fsp3) is 0.0645. The Hall–Kier alpha value is -6.39. The molecule has 4 aromatic carbocycles. The monoisotopic (exact) mass is 668 g/mol. The SMILES string of the molecule is O=C(Oc1ccc(-c2ncn(-c3ccc(OC(F)(F)F)cc3)n2)cc1)Oc1ccc(-c2ncn(-c3ccc(OC(F)(F)F)cc3)n2)cc1. The van der Waals surface area contributed by atoms with Gasteiger partial charge in [0.2, 0.25) is 0 Å². The van der Waals surface area contributed by atoms with E-state index in [2.05, 4.69) is 29.6 Å². The van der Waals surface area contributed by atoms with Gasteiger partial charge in [0.25, 0.3) is 0 Å². The second-order valence-electron chi connectivity index (χ2n) is 9.61. The van der Waals surface area contributed by atoms with Crippen LogP contribution in [0.15, 0.2) is 110 Å². The number of hydrogen-bond acceptors (Lipinski definition) is 9. The van der Waals surface area contributed by atoms with Gasteiger partial charge < -0.3 is 18.9 Å². The Kier molecular flexibility index (Phi) is 8.41. The van der Waals surface area contributed by atoms with Crippen molar-refractivity contribution in [3.05, 3.63) is 110 Å². The van der Waals surface area contributed by atoms with Crippen LogP contribution in [-0.2, 0) is 0 Å². The topological polar surface area (TPSA) is 115 Å². The van der Waals surface area contributed by atoms with Crippen molar-refractivity contribution in [2.75, 3.05) is 0 Å². The van der Waals surface area contributed by atoms with E-state index in [0.29, 0.717) is 34.2 Å². The summed E-state index contributed by atoms with van der Waals surface area (Å²) in [5.41, 5.74) is 2.06. The number of carbonyl (C=O) groups is 1. The average Bonchev–Trinajstić information content (AvgIpc) is 3.72. The summed E-state index contributed by atoms with van der Waals surface area (Å²) in [7, 11) is 0. The highest BCUT2D eigenvalue weighted by molar-refractivity contribution is 5.68. The first-order valence-corrected chi connectivity index (χ1v) is 13.5. The molecule has 2 heterocycles. The Balaban J connectivity index is 1.02. The zero-order valence-corrected chi connectivity index (χ0v) is 23.9. The van der Waals surface area contributed by atoms with Gasteiger partial charge in [0, 0.05) is 11.1 Å². The van der Waals surface area contributed by atoms with Crippen molar-refractivity contribution in [3.63, 3.8) is 0 Å². The second kappa shape index (κ2) is 12.8. The van der Waals surface area contributed by atoms with E-state index in [1.54, 1.807) is 24.3 Å². The number of halogens is 6. The molecule has 0 bridgehead atoms. The molecule has 0 saturated heterocycles. The molecule has 0 fully saturated rings. The number of benzene rings is 4. The highest BCUT2D eigenvalue weighted by Gasteiger charge is 2.31. The molecule has 6 rings (SSSR count). The first kappa shape index (κ1) is 31.6. The van der Waals surface area contributed by atoms with Gasteiger partial charge in [-0.1, -0.05) is 0 Å². The van der Waals surface area contributed by atoms with E-state index < -0.39 is 18.9 Å². The molecule has 0 amide bonds. The summed E-state index contributed by atoms with van der Waals surface area (Å²) in [4.78, 5) is 20.8. The van der Waals surface area contributed by atoms with Gasteiger partial charge in [0.05, 0.1) is 11.4 Å². The Morgan fingerprint density at radius 3 is 1.17 bits per heavy atom. The number of carbonyl (C=O) groups excluding carboxylic acids is 1. The minimum absolute atomic E-state index is 0.174. The van der Waals surface area contributed by atoms with Gasteiger partial charge in [-0.3, -0.25) is 0 Å². The summed E-state index contributed by atoms with van der Waals surface area (Å²) in [6.45, 7) is 0. The molecular formula is C31H18F6N6O5. The highest BCUT2D eigenvalue weighted by atomic mass is 19.4. The van der Waals surface area contributed by atoms with Crippen molar-refractivity contribution in [2.45, 2.75) is 12.7 Å². The van der Waals surface area contributed by atoms with E-state index in [1.165, 1.54) is 70.5 Å². The Bertz CT molecular complexity index is 1860. The molecule has 0 radical (unpaired) electrons. The summed E-state index contributed by atoms with van der Waals surface area (Å²) < 4.78 is 95.3. The smallest absolute Gasteiger partial charge is 0.406 e. The molecule has 0 spiro atoms. The number of rotatable bonds is 8. The van der Waals surface area contributed by atoms with Gasteiger partial charge in [-0.15, -0.1) is 36.5 Å². The maximum atomic E-state index is 12.4.